The molecule has 1 aromatic carbocycles. The van der Waals surface area contributed by atoms with E-state index in [1.807, 2.05) is 30.3 Å². The zero-order valence-electron chi connectivity index (χ0n) is 12.6. The molecule has 1 fully saturated rings. The summed E-state index contributed by atoms with van der Waals surface area (Å²) in [5.41, 5.74) is 7.25. The van der Waals surface area contributed by atoms with Crippen LogP contribution in [-0.4, -0.2) is 31.2 Å². The Balaban J connectivity index is 1.86. The van der Waals surface area contributed by atoms with Crippen LogP contribution in [0.3, 0.4) is 0 Å². The van der Waals surface area contributed by atoms with Gasteiger partial charge >= 0.3 is 0 Å². The molecule has 3 atom stereocenters. The Labute approximate surface area is 130 Å². The molecule has 2 aliphatic heterocycles. The summed E-state index contributed by atoms with van der Waals surface area (Å²) in [6, 6.07) is 9.48. The van der Waals surface area contributed by atoms with Gasteiger partial charge in [0, 0.05) is 29.5 Å². The highest BCUT2D eigenvalue weighted by Gasteiger charge is 2.48. The summed E-state index contributed by atoms with van der Waals surface area (Å²) in [4.78, 5) is 11.5. The number of rotatable bonds is 1. The molecular weight excluding hydrogens is 276 g/mol. The fraction of sp³-hybridized carbons (Fsp3) is 0.389. The van der Waals surface area contributed by atoms with E-state index in [-0.39, 0.29) is 17.4 Å². The van der Waals surface area contributed by atoms with E-state index >= 15 is 0 Å². The topological polar surface area (TPSA) is 64.3 Å². The van der Waals surface area contributed by atoms with Gasteiger partial charge in [0.15, 0.2) is 0 Å². The summed E-state index contributed by atoms with van der Waals surface area (Å²) < 4.78 is 5.90. The Morgan fingerprint density at radius 3 is 2.86 bits per heavy atom. The second kappa shape index (κ2) is 5.96. The molecule has 4 nitrogen and oxygen atoms in total. The van der Waals surface area contributed by atoms with E-state index in [0.29, 0.717) is 13.2 Å². The third-order valence-corrected chi connectivity index (χ3v) is 4.28. The van der Waals surface area contributed by atoms with Crippen molar-refractivity contribution in [2.75, 3.05) is 13.2 Å². The number of carbonyl (C=O) groups is 1. The van der Waals surface area contributed by atoms with E-state index < -0.39 is 6.04 Å². The first-order chi connectivity index (χ1) is 10.6. The van der Waals surface area contributed by atoms with Crippen molar-refractivity contribution in [3.63, 3.8) is 0 Å². The number of ether oxygens (including phenoxy) is 1. The number of nitrogens with one attached hydrogen (secondary N) is 1. The van der Waals surface area contributed by atoms with Crippen molar-refractivity contribution in [1.29, 1.82) is 0 Å². The molecule has 22 heavy (non-hydrogen) atoms. The number of benzene rings is 1. The molecule has 0 saturated carbocycles. The van der Waals surface area contributed by atoms with Crippen molar-refractivity contribution >= 4 is 5.91 Å². The highest BCUT2D eigenvalue weighted by molar-refractivity contribution is 5.81. The van der Waals surface area contributed by atoms with Crippen LogP contribution in [0.15, 0.2) is 42.0 Å². The van der Waals surface area contributed by atoms with E-state index in [0.717, 1.165) is 17.6 Å². The summed E-state index contributed by atoms with van der Waals surface area (Å²) in [6.07, 6.45) is 2.69. The number of hydrogen-bond acceptors (Lipinski definition) is 3. The quantitative estimate of drug-likeness (QED) is 0.766. The molecule has 4 heteroatoms. The summed E-state index contributed by atoms with van der Waals surface area (Å²) in [5, 5.41) is 3.17. The van der Waals surface area contributed by atoms with Gasteiger partial charge in [0.2, 0.25) is 5.91 Å². The highest BCUT2D eigenvalue weighted by Crippen LogP contribution is 2.36. The number of carbonyl (C=O) groups excluding carboxylic acids is 1. The van der Waals surface area contributed by atoms with Crippen LogP contribution in [0, 0.1) is 17.3 Å². The normalized spacial score (nSPS) is 30.5. The number of hydrogen-bond donors (Lipinski definition) is 2. The van der Waals surface area contributed by atoms with Gasteiger partial charge in [0.25, 0.3) is 0 Å². The van der Waals surface area contributed by atoms with E-state index in [4.69, 9.17) is 10.5 Å². The lowest BCUT2D eigenvalue weighted by atomic mass is 9.83. The molecule has 3 N–H and O–H groups in total. The summed E-state index contributed by atoms with van der Waals surface area (Å²) >= 11 is 0. The molecule has 0 unspecified atom stereocenters. The molecule has 1 saturated heterocycles. The summed E-state index contributed by atoms with van der Waals surface area (Å²) in [6.45, 7) is 3.31. The molecule has 114 valence electrons. The van der Waals surface area contributed by atoms with Gasteiger partial charge in [-0.05, 0) is 12.1 Å². The van der Waals surface area contributed by atoms with Gasteiger partial charge in [-0.25, -0.2) is 0 Å². The molecule has 1 amide bonds. The van der Waals surface area contributed by atoms with Gasteiger partial charge in [0.1, 0.15) is 6.04 Å². The maximum atomic E-state index is 11.5. The number of amides is 1. The van der Waals surface area contributed by atoms with Gasteiger partial charge < -0.3 is 15.8 Å². The van der Waals surface area contributed by atoms with Crippen LogP contribution in [0.2, 0.25) is 0 Å². The molecule has 2 aliphatic rings. The van der Waals surface area contributed by atoms with Crippen LogP contribution in [0.1, 0.15) is 18.9 Å². The third kappa shape index (κ3) is 2.92. The van der Waals surface area contributed by atoms with Crippen LogP contribution in [0.5, 0.6) is 0 Å². The molecule has 0 spiro atoms. The van der Waals surface area contributed by atoms with Crippen LogP contribution in [0.4, 0.5) is 0 Å². The van der Waals surface area contributed by atoms with Crippen molar-refractivity contribution in [3.05, 3.63) is 47.5 Å². The standard InChI is InChI=1S/C18H20N2O2/c1-18-11-14(8-7-13-5-3-2-4-6-13)9-10-22-16(18)15(17(19)21)20-12-18/h2-6,11,15-16,20H,9-10,12H2,1H3,(H2,19,21)/t15-,16-,18-/m0/s1. The van der Waals surface area contributed by atoms with E-state index in [9.17, 15) is 4.79 Å². The summed E-state index contributed by atoms with van der Waals surface area (Å²) in [7, 11) is 0. The van der Waals surface area contributed by atoms with E-state index in [2.05, 4.69) is 30.2 Å². The Kier molecular flexibility index (Phi) is 4.02. The Morgan fingerprint density at radius 1 is 1.36 bits per heavy atom. The predicted molar refractivity (Wildman–Crippen MR) is 84.9 cm³/mol. The van der Waals surface area contributed by atoms with E-state index in [1.54, 1.807) is 0 Å². The molecule has 2 heterocycles. The monoisotopic (exact) mass is 296 g/mol. The van der Waals surface area contributed by atoms with E-state index in [1.165, 1.54) is 0 Å². The first kappa shape index (κ1) is 14.8. The van der Waals surface area contributed by atoms with Crippen molar-refractivity contribution in [2.24, 2.45) is 11.1 Å². The zero-order valence-corrected chi connectivity index (χ0v) is 12.6. The van der Waals surface area contributed by atoms with Gasteiger partial charge in [-0.1, -0.05) is 43.0 Å². The molecule has 1 aromatic rings. The maximum absolute atomic E-state index is 11.5. The van der Waals surface area contributed by atoms with Gasteiger partial charge in [-0.3, -0.25) is 4.79 Å². The number of primary amides is 1. The minimum Gasteiger partial charge on any atom is -0.375 e. The smallest absolute Gasteiger partial charge is 0.237 e. The van der Waals surface area contributed by atoms with Crippen molar-refractivity contribution in [1.82, 2.24) is 5.32 Å². The molecular formula is C18H20N2O2. The first-order valence-corrected chi connectivity index (χ1v) is 7.52. The Bertz CT molecular complexity index is 657. The zero-order chi connectivity index (χ0) is 15.6. The predicted octanol–water partition coefficient (Wildman–Crippen LogP) is 1.22. The van der Waals surface area contributed by atoms with Gasteiger partial charge in [-0.15, -0.1) is 0 Å². The molecule has 0 aliphatic carbocycles. The van der Waals surface area contributed by atoms with Crippen LogP contribution < -0.4 is 11.1 Å². The van der Waals surface area contributed by atoms with Gasteiger partial charge in [-0.2, -0.15) is 0 Å². The second-order valence-electron chi connectivity index (χ2n) is 6.09. The fourth-order valence-corrected chi connectivity index (χ4v) is 3.13. The highest BCUT2D eigenvalue weighted by atomic mass is 16.5. The maximum Gasteiger partial charge on any atom is 0.237 e. The van der Waals surface area contributed by atoms with Crippen LogP contribution in [-0.2, 0) is 9.53 Å². The minimum absolute atomic E-state index is 0.221. The third-order valence-electron chi connectivity index (χ3n) is 4.28. The lowest BCUT2D eigenvalue weighted by molar-refractivity contribution is -0.123. The number of fused-ring (bicyclic) bond motifs is 1. The van der Waals surface area contributed by atoms with Crippen molar-refractivity contribution in [2.45, 2.75) is 25.5 Å². The van der Waals surface area contributed by atoms with Crippen LogP contribution in [0.25, 0.3) is 0 Å². The SMILES string of the molecule is C[C@@]12C=C(C#Cc3ccccc3)CCO[C@H]1[C@@H](C(N)=O)NC2. The van der Waals surface area contributed by atoms with Crippen molar-refractivity contribution < 1.29 is 9.53 Å². The first-order valence-electron chi connectivity index (χ1n) is 7.52. The lowest BCUT2D eigenvalue weighted by Gasteiger charge is -2.27. The van der Waals surface area contributed by atoms with Crippen LogP contribution >= 0.6 is 0 Å². The minimum atomic E-state index is -0.428. The number of nitrogens with two attached hydrogens (primary N) is 1. The molecule has 0 aromatic heterocycles. The van der Waals surface area contributed by atoms with Gasteiger partial charge in [0.05, 0.1) is 12.7 Å². The Hall–Kier alpha value is -2.09. The average Bonchev–Trinajstić information content (AvgIpc) is 2.74. The molecule has 3 rings (SSSR count). The molecule has 0 radical (unpaired) electrons. The Morgan fingerprint density at radius 2 is 2.14 bits per heavy atom. The summed E-state index contributed by atoms with van der Waals surface area (Å²) in [5.74, 6) is 6.07. The second-order valence-corrected chi connectivity index (χ2v) is 6.09. The molecule has 0 bridgehead atoms. The average molecular weight is 296 g/mol. The lowest BCUT2D eigenvalue weighted by Crippen LogP contribution is -2.46. The van der Waals surface area contributed by atoms with Crippen molar-refractivity contribution in [3.8, 4) is 11.8 Å². The largest absolute Gasteiger partial charge is 0.375 e. The fourth-order valence-electron chi connectivity index (χ4n) is 3.13.